The molecule has 5 rings (SSSR count). The minimum Gasteiger partial charge on any atom is -0.431 e. The maximum Gasteiger partial charge on any atom is 0.335 e. The Kier molecular flexibility index (Phi) is 4.21. The normalized spacial score (nSPS) is 51.8. The van der Waals surface area contributed by atoms with Gasteiger partial charge in [0, 0.05) is 17.9 Å². The Morgan fingerprint density at radius 2 is 1.66 bits per heavy atom. The summed E-state index contributed by atoms with van der Waals surface area (Å²) in [4.78, 5) is 11.4. The molecular formula is C24H34O5. The van der Waals surface area contributed by atoms with Crippen molar-refractivity contribution < 1.29 is 19.7 Å². The van der Waals surface area contributed by atoms with E-state index in [-0.39, 0.29) is 34.2 Å². The molecule has 8 atom stereocenters. The van der Waals surface area contributed by atoms with Gasteiger partial charge in [-0.15, -0.1) is 0 Å². The quantitative estimate of drug-likeness (QED) is 0.670. The standard InChI is InChI=1S/C24H34O5/c1-21-9-5-16(25)13-23(21,27)11-7-19-18(21)6-10-22(2)17(8-12-24(19,22)28)15-3-4-20(26)29-14-15/h3-4,14,16-19,25,27-28H,5-13H2,1-2H3/t16-,17+,18?,19+,21+,22+,23-,24-/m0/s1. The highest BCUT2D eigenvalue weighted by Gasteiger charge is 2.69. The average molecular weight is 403 g/mol. The topological polar surface area (TPSA) is 90.9 Å². The molecule has 5 heteroatoms. The second-order valence-corrected chi connectivity index (χ2v) is 11.0. The smallest absolute Gasteiger partial charge is 0.335 e. The highest BCUT2D eigenvalue weighted by molar-refractivity contribution is 5.27. The summed E-state index contributed by atoms with van der Waals surface area (Å²) in [5, 5.41) is 33.9. The SMILES string of the molecule is C[C@]12CC[C@H](O)C[C@@]1(O)CC[C@@H]1C2CC[C@]2(C)[C@@H](c3ccc(=O)oc3)CC[C@]12O. The Labute approximate surface area is 172 Å². The van der Waals surface area contributed by atoms with Gasteiger partial charge in [-0.2, -0.15) is 0 Å². The lowest BCUT2D eigenvalue weighted by Crippen LogP contribution is -2.67. The molecule has 1 unspecified atom stereocenters. The molecule has 0 spiro atoms. The minimum absolute atomic E-state index is 0.169. The van der Waals surface area contributed by atoms with Gasteiger partial charge in [-0.25, -0.2) is 4.79 Å². The summed E-state index contributed by atoms with van der Waals surface area (Å²) < 4.78 is 5.15. The van der Waals surface area contributed by atoms with Crippen molar-refractivity contribution in [3.63, 3.8) is 0 Å². The first kappa shape index (κ1) is 19.8. The molecule has 5 nitrogen and oxygen atoms in total. The average Bonchev–Trinajstić information content (AvgIpc) is 2.95. The third-order valence-electron chi connectivity index (χ3n) is 10.1. The number of aliphatic hydroxyl groups excluding tert-OH is 1. The van der Waals surface area contributed by atoms with Crippen molar-refractivity contribution in [1.29, 1.82) is 0 Å². The minimum atomic E-state index is -0.823. The molecule has 0 aromatic carbocycles. The summed E-state index contributed by atoms with van der Waals surface area (Å²) in [6.45, 7) is 4.43. The van der Waals surface area contributed by atoms with Crippen molar-refractivity contribution in [3.05, 3.63) is 34.4 Å². The van der Waals surface area contributed by atoms with Gasteiger partial charge in [0.25, 0.3) is 0 Å². The van der Waals surface area contributed by atoms with E-state index < -0.39 is 17.3 Å². The van der Waals surface area contributed by atoms with Crippen LogP contribution in [0.5, 0.6) is 0 Å². The van der Waals surface area contributed by atoms with Crippen LogP contribution in [0.1, 0.15) is 83.1 Å². The van der Waals surface area contributed by atoms with Gasteiger partial charge in [0.05, 0.1) is 23.6 Å². The van der Waals surface area contributed by atoms with Crippen molar-refractivity contribution in [1.82, 2.24) is 0 Å². The summed E-state index contributed by atoms with van der Waals surface area (Å²) in [6, 6.07) is 3.35. The first-order valence-electron chi connectivity index (χ1n) is 11.3. The highest BCUT2D eigenvalue weighted by Crippen LogP contribution is 2.71. The lowest BCUT2D eigenvalue weighted by atomic mass is 9.42. The van der Waals surface area contributed by atoms with Gasteiger partial charge in [0.1, 0.15) is 0 Å². The molecule has 0 radical (unpaired) electrons. The van der Waals surface area contributed by atoms with E-state index in [0.717, 1.165) is 50.5 Å². The van der Waals surface area contributed by atoms with Crippen LogP contribution in [0, 0.1) is 22.7 Å². The molecule has 0 aliphatic heterocycles. The second kappa shape index (κ2) is 6.18. The summed E-state index contributed by atoms with van der Waals surface area (Å²) in [5.74, 6) is 0.626. The fourth-order valence-electron chi connectivity index (χ4n) is 8.30. The van der Waals surface area contributed by atoms with Crippen molar-refractivity contribution in [2.45, 2.75) is 94.9 Å². The van der Waals surface area contributed by atoms with Gasteiger partial charge in [0.15, 0.2) is 0 Å². The van der Waals surface area contributed by atoms with Gasteiger partial charge in [-0.3, -0.25) is 0 Å². The molecule has 1 aromatic heterocycles. The van der Waals surface area contributed by atoms with E-state index >= 15 is 0 Å². The lowest BCUT2D eigenvalue weighted by molar-refractivity contribution is -0.253. The first-order chi connectivity index (χ1) is 13.6. The monoisotopic (exact) mass is 402 g/mol. The molecule has 0 saturated heterocycles. The molecule has 4 aliphatic carbocycles. The lowest BCUT2D eigenvalue weighted by Gasteiger charge is -2.66. The van der Waals surface area contributed by atoms with Crippen LogP contribution in [0.15, 0.2) is 27.6 Å². The highest BCUT2D eigenvalue weighted by atomic mass is 16.4. The third-order valence-corrected chi connectivity index (χ3v) is 10.1. The van der Waals surface area contributed by atoms with E-state index in [0.29, 0.717) is 12.8 Å². The van der Waals surface area contributed by atoms with E-state index in [9.17, 15) is 20.1 Å². The summed E-state index contributed by atoms with van der Waals surface area (Å²) in [7, 11) is 0. The zero-order valence-corrected chi connectivity index (χ0v) is 17.6. The largest absolute Gasteiger partial charge is 0.431 e. The molecular weight excluding hydrogens is 368 g/mol. The molecule has 4 saturated carbocycles. The molecule has 1 heterocycles. The van der Waals surface area contributed by atoms with Crippen LogP contribution >= 0.6 is 0 Å². The van der Waals surface area contributed by atoms with Gasteiger partial charge in [0.2, 0.25) is 0 Å². The van der Waals surface area contributed by atoms with Crippen LogP contribution in [-0.4, -0.2) is 32.6 Å². The van der Waals surface area contributed by atoms with E-state index in [2.05, 4.69) is 13.8 Å². The summed E-state index contributed by atoms with van der Waals surface area (Å²) in [6.07, 6.45) is 8.22. The molecule has 4 aliphatic rings. The number of fused-ring (bicyclic) bond motifs is 5. The third kappa shape index (κ3) is 2.47. The van der Waals surface area contributed by atoms with E-state index in [1.807, 2.05) is 6.07 Å². The zero-order chi connectivity index (χ0) is 20.7. The summed E-state index contributed by atoms with van der Waals surface area (Å²) in [5.41, 5.74) is -1.41. The van der Waals surface area contributed by atoms with Gasteiger partial charge >= 0.3 is 5.63 Å². The van der Waals surface area contributed by atoms with Gasteiger partial charge < -0.3 is 19.7 Å². The van der Waals surface area contributed by atoms with Crippen LogP contribution in [0.2, 0.25) is 0 Å². The fraction of sp³-hybridized carbons (Fsp3) is 0.792. The van der Waals surface area contributed by atoms with E-state index in [1.54, 1.807) is 6.26 Å². The first-order valence-corrected chi connectivity index (χ1v) is 11.3. The predicted molar refractivity (Wildman–Crippen MR) is 108 cm³/mol. The molecule has 1 aromatic rings. The Hall–Kier alpha value is -1.17. The van der Waals surface area contributed by atoms with Crippen molar-refractivity contribution in [3.8, 4) is 0 Å². The van der Waals surface area contributed by atoms with Gasteiger partial charge in [-0.05, 0) is 86.2 Å². The zero-order valence-electron chi connectivity index (χ0n) is 17.6. The van der Waals surface area contributed by atoms with Crippen LogP contribution < -0.4 is 5.63 Å². The molecule has 4 fully saturated rings. The maximum atomic E-state index is 12.2. The Morgan fingerprint density at radius 1 is 0.931 bits per heavy atom. The second-order valence-electron chi connectivity index (χ2n) is 11.0. The van der Waals surface area contributed by atoms with Crippen LogP contribution in [0.25, 0.3) is 0 Å². The summed E-state index contributed by atoms with van der Waals surface area (Å²) >= 11 is 0. The van der Waals surface area contributed by atoms with Crippen LogP contribution in [0.4, 0.5) is 0 Å². The van der Waals surface area contributed by atoms with E-state index in [1.165, 1.54) is 6.07 Å². The van der Waals surface area contributed by atoms with Crippen molar-refractivity contribution in [2.24, 2.45) is 22.7 Å². The molecule has 160 valence electrons. The number of hydrogen-bond acceptors (Lipinski definition) is 5. The molecule has 3 N–H and O–H groups in total. The van der Waals surface area contributed by atoms with Gasteiger partial charge in [-0.1, -0.05) is 13.8 Å². The fourth-order valence-corrected chi connectivity index (χ4v) is 8.30. The Balaban J connectivity index is 1.50. The molecule has 29 heavy (non-hydrogen) atoms. The number of hydrogen-bond donors (Lipinski definition) is 3. The van der Waals surface area contributed by atoms with Crippen molar-refractivity contribution >= 4 is 0 Å². The van der Waals surface area contributed by atoms with Crippen LogP contribution in [0.3, 0.4) is 0 Å². The Bertz CT molecular complexity index is 845. The Morgan fingerprint density at radius 3 is 2.38 bits per heavy atom. The predicted octanol–water partition coefficient (Wildman–Crippen LogP) is 3.36. The van der Waals surface area contributed by atoms with Crippen molar-refractivity contribution in [2.75, 3.05) is 0 Å². The maximum absolute atomic E-state index is 12.2. The molecule has 0 bridgehead atoms. The number of rotatable bonds is 1. The van der Waals surface area contributed by atoms with E-state index in [4.69, 9.17) is 4.42 Å². The number of aliphatic hydroxyl groups is 3. The molecule has 0 amide bonds. The van der Waals surface area contributed by atoms with Crippen LogP contribution in [-0.2, 0) is 0 Å².